The molecule has 8 heteroatoms. The van der Waals surface area contributed by atoms with Crippen LogP contribution < -0.4 is 9.88 Å². The number of primary sulfonamides is 1. The Hall–Kier alpha value is -0.730. The summed E-state index contributed by atoms with van der Waals surface area (Å²) in [6, 6.07) is 2.76. The van der Waals surface area contributed by atoms with Gasteiger partial charge in [0.15, 0.2) is 0 Å². The number of halogens is 3. The SMILES string of the molecule is Cc1cc(Br)cc(S(N)(=O)=O)c1OCC(F)F. The maximum absolute atomic E-state index is 12.0. The molecule has 96 valence electrons. The summed E-state index contributed by atoms with van der Waals surface area (Å²) in [5.41, 5.74) is 0.407. The van der Waals surface area contributed by atoms with E-state index in [0.717, 1.165) is 0 Å². The quantitative estimate of drug-likeness (QED) is 0.919. The van der Waals surface area contributed by atoms with Gasteiger partial charge in [-0.25, -0.2) is 22.3 Å². The summed E-state index contributed by atoms with van der Waals surface area (Å²) in [7, 11) is -4.03. The fraction of sp³-hybridized carbons (Fsp3) is 0.333. The van der Waals surface area contributed by atoms with Crippen molar-refractivity contribution in [1.29, 1.82) is 0 Å². The van der Waals surface area contributed by atoms with E-state index in [9.17, 15) is 17.2 Å². The van der Waals surface area contributed by atoms with E-state index in [1.807, 2.05) is 0 Å². The Labute approximate surface area is 106 Å². The fourth-order valence-electron chi connectivity index (χ4n) is 1.24. The minimum atomic E-state index is -4.03. The number of ether oxygens (including phenoxy) is 1. The van der Waals surface area contributed by atoms with Gasteiger partial charge in [-0.1, -0.05) is 15.9 Å². The minimum absolute atomic E-state index is 0.143. The van der Waals surface area contributed by atoms with Crippen LogP contribution in [0.2, 0.25) is 0 Å². The molecule has 0 bridgehead atoms. The highest BCUT2D eigenvalue weighted by Gasteiger charge is 2.19. The van der Waals surface area contributed by atoms with Gasteiger partial charge >= 0.3 is 0 Å². The summed E-state index contributed by atoms with van der Waals surface area (Å²) < 4.78 is 51.9. The predicted molar refractivity (Wildman–Crippen MR) is 61.8 cm³/mol. The summed E-state index contributed by atoms with van der Waals surface area (Å²) in [6.07, 6.45) is -2.69. The lowest BCUT2D eigenvalue weighted by atomic mass is 10.2. The second-order valence-electron chi connectivity index (χ2n) is 3.30. The van der Waals surface area contributed by atoms with Crippen LogP contribution in [0.3, 0.4) is 0 Å². The second kappa shape index (κ2) is 5.28. The van der Waals surface area contributed by atoms with E-state index in [4.69, 9.17) is 9.88 Å². The van der Waals surface area contributed by atoms with Crippen LogP contribution >= 0.6 is 15.9 Å². The third-order valence-electron chi connectivity index (χ3n) is 1.87. The molecule has 1 aromatic carbocycles. The second-order valence-corrected chi connectivity index (χ2v) is 5.74. The van der Waals surface area contributed by atoms with E-state index in [0.29, 0.717) is 10.0 Å². The van der Waals surface area contributed by atoms with Gasteiger partial charge in [-0.05, 0) is 24.6 Å². The first kappa shape index (κ1) is 14.3. The standard InChI is InChI=1S/C9H10BrF2NO3S/c1-5-2-6(10)3-7(17(13,14)15)9(5)16-4-8(11)12/h2-3,8H,4H2,1H3,(H2,13,14,15). The third kappa shape index (κ3) is 3.90. The van der Waals surface area contributed by atoms with Crippen LogP contribution in [0.15, 0.2) is 21.5 Å². The summed E-state index contributed by atoms with van der Waals surface area (Å²) >= 11 is 3.10. The molecule has 0 aliphatic heterocycles. The van der Waals surface area contributed by atoms with Crippen molar-refractivity contribution >= 4 is 26.0 Å². The average Bonchev–Trinajstić information content (AvgIpc) is 2.13. The predicted octanol–water partition coefficient (Wildman–Crippen LogP) is 2.05. The third-order valence-corrected chi connectivity index (χ3v) is 3.24. The molecule has 0 aliphatic rings. The summed E-state index contributed by atoms with van der Waals surface area (Å²) in [4.78, 5) is -0.315. The molecule has 0 fully saturated rings. The Morgan fingerprint density at radius 2 is 2.06 bits per heavy atom. The molecule has 2 N–H and O–H groups in total. The van der Waals surface area contributed by atoms with Gasteiger partial charge < -0.3 is 4.74 Å². The van der Waals surface area contributed by atoms with E-state index in [2.05, 4.69) is 15.9 Å². The molecule has 0 saturated carbocycles. The molecule has 0 saturated heterocycles. The minimum Gasteiger partial charge on any atom is -0.486 e. The molecule has 0 radical (unpaired) electrons. The molecular formula is C9H10BrF2NO3S. The largest absolute Gasteiger partial charge is 0.486 e. The van der Waals surface area contributed by atoms with Crippen LogP contribution in [0.5, 0.6) is 5.75 Å². The van der Waals surface area contributed by atoms with Crippen LogP contribution in [0.1, 0.15) is 5.56 Å². The Morgan fingerprint density at radius 3 is 2.53 bits per heavy atom. The first-order chi connectivity index (χ1) is 7.71. The number of hydrogen-bond donors (Lipinski definition) is 1. The van der Waals surface area contributed by atoms with Crippen molar-refractivity contribution in [2.45, 2.75) is 18.2 Å². The molecule has 0 heterocycles. The summed E-state index contributed by atoms with van der Waals surface area (Å²) in [5.74, 6) is -0.143. The molecule has 1 rings (SSSR count). The van der Waals surface area contributed by atoms with Crippen molar-refractivity contribution < 1.29 is 21.9 Å². The van der Waals surface area contributed by atoms with E-state index in [-0.39, 0.29) is 10.6 Å². The number of hydrogen-bond acceptors (Lipinski definition) is 3. The molecule has 0 atom stereocenters. The Balaban J connectivity index is 3.26. The van der Waals surface area contributed by atoms with Crippen molar-refractivity contribution in [3.05, 3.63) is 22.2 Å². The smallest absolute Gasteiger partial charge is 0.272 e. The van der Waals surface area contributed by atoms with Gasteiger partial charge in [0.1, 0.15) is 17.3 Å². The molecule has 0 amide bonds. The zero-order valence-electron chi connectivity index (χ0n) is 8.78. The number of benzene rings is 1. The number of rotatable bonds is 4. The van der Waals surface area contributed by atoms with Gasteiger partial charge in [-0.2, -0.15) is 0 Å². The van der Waals surface area contributed by atoms with Crippen molar-refractivity contribution in [1.82, 2.24) is 0 Å². The Kier molecular flexibility index (Phi) is 4.45. The van der Waals surface area contributed by atoms with E-state index < -0.39 is 23.1 Å². The lowest BCUT2D eigenvalue weighted by molar-refractivity contribution is 0.0800. The highest BCUT2D eigenvalue weighted by molar-refractivity contribution is 9.10. The first-order valence-electron chi connectivity index (χ1n) is 4.45. The zero-order valence-corrected chi connectivity index (χ0v) is 11.2. The average molecular weight is 330 g/mol. The van der Waals surface area contributed by atoms with Crippen LogP contribution in [0, 0.1) is 6.92 Å². The molecule has 0 spiro atoms. The molecule has 1 aromatic rings. The molecular weight excluding hydrogens is 320 g/mol. The summed E-state index contributed by atoms with van der Waals surface area (Å²) in [6.45, 7) is 0.658. The van der Waals surface area contributed by atoms with Gasteiger partial charge in [0, 0.05) is 4.47 Å². The molecule has 0 unspecified atom stereocenters. The van der Waals surface area contributed by atoms with Crippen molar-refractivity contribution in [3.8, 4) is 5.75 Å². The topological polar surface area (TPSA) is 69.4 Å². The lowest BCUT2D eigenvalue weighted by Gasteiger charge is -2.13. The van der Waals surface area contributed by atoms with E-state index in [1.165, 1.54) is 6.07 Å². The highest BCUT2D eigenvalue weighted by Crippen LogP contribution is 2.31. The lowest BCUT2D eigenvalue weighted by Crippen LogP contribution is -2.16. The van der Waals surface area contributed by atoms with Crippen LogP contribution in [0.25, 0.3) is 0 Å². The fourth-order valence-corrected chi connectivity index (χ4v) is 2.74. The van der Waals surface area contributed by atoms with Crippen LogP contribution in [-0.2, 0) is 10.0 Å². The normalized spacial score (nSPS) is 11.9. The highest BCUT2D eigenvalue weighted by atomic mass is 79.9. The van der Waals surface area contributed by atoms with Crippen LogP contribution in [0.4, 0.5) is 8.78 Å². The number of sulfonamides is 1. The number of nitrogens with two attached hydrogens (primary N) is 1. The zero-order chi connectivity index (χ0) is 13.2. The van der Waals surface area contributed by atoms with E-state index in [1.54, 1.807) is 13.0 Å². The number of aryl methyl sites for hydroxylation is 1. The Bertz CT molecular complexity index is 519. The molecule has 4 nitrogen and oxygen atoms in total. The van der Waals surface area contributed by atoms with E-state index >= 15 is 0 Å². The number of alkyl halides is 2. The molecule has 0 aromatic heterocycles. The Morgan fingerprint density at radius 1 is 1.47 bits per heavy atom. The monoisotopic (exact) mass is 329 g/mol. The summed E-state index contributed by atoms with van der Waals surface area (Å²) in [5, 5.41) is 4.99. The van der Waals surface area contributed by atoms with Crippen molar-refractivity contribution in [2.24, 2.45) is 5.14 Å². The maximum Gasteiger partial charge on any atom is 0.272 e. The van der Waals surface area contributed by atoms with Gasteiger partial charge in [0.2, 0.25) is 10.0 Å². The van der Waals surface area contributed by atoms with Gasteiger partial charge in [-0.3, -0.25) is 0 Å². The first-order valence-corrected chi connectivity index (χ1v) is 6.79. The van der Waals surface area contributed by atoms with Gasteiger partial charge in [0.25, 0.3) is 6.43 Å². The maximum atomic E-state index is 12.0. The van der Waals surface area contributed by atoms with Gasteiger partial charge in [0.05, 0.1) is 0 Å². The van der Waals surface area contributed by atoms with Crippen molar-refractivity contribution in [2.75, 3.05) is 6.61 Å². The van der Waals surface area contributed by atoms with Crippen LogP contribution in [-0.4, -0.2) is 21.5 Å². The molecule has 0 aliphatic carbocycles. The van der Waals surface area contributed by atoms with Gasteiger partial charge in [-0.15, -0.1) is 0 Å². The molecule has 17 heavy (non-hydrogen) atoms. The van der Waals surface area contributed by atoms with Crippen molar-refractivity contribution in [3.63, 3.8) is 0 Å².